The van der Waals surface area contributed by atoms with E-state index < -0.39 is 0 Å². The van der Waals surface area contributed by atoms with Crippen LogP contribution in [0.25, 0.3) is 0 Å². The highest BCUT2D eigenvalue weighted by molar-refractivity contribution is 9.10. The second-order valence-electron chi connectivity index (χ2n) is 5.20. The summed E-state index contributed by atoms with van der Waals surface area (Å²) >= 11 is 3.58. The van der Waals surface area contributed by atoms with Crippen LogP contribution in [0.2, 0.25) is 0 Å². The van der Waals surface area contributed by atoms with Gasteiger partial charge in [-0.15, -0.1) is 0 Å². The summed E-state index contributed by atoms with van der Waals surface area (Å²) < 4.78 is 0.985. The number of amides is 1. The van der Waals surface area contributed by atoms with E-state index in [0.29, 0.717) is 0 Å². The first kappa shape index (κ1) is 12.9. The van der Waals surface area contributed by atoms with E-state index in [1.807, 2.05) is 18.2 Å². The first-order valence-electron chi connectivity index (χ1n) is 6.64. The molecule has 4 nitrogen and oxygen atoms in total. The molecule has 1 amide bonds. The molecule has 0 radical (unpaired) electrons. The SMILES string of the molecule is O=C1NCC2C1CCCN2c1ccc(CO)cc1Br. The lowest BCUT2D eigenvalue weighted by Crippen LogP contribution is -2.45. The second-order valence-corrected chi connectivity index (χ2v) is 6.05. The van der Waals surface area contributed by atoms with Crippen LogP contribution in [0.1, 0.15) is 18.4 Å². The Morgan fingerprint density at radius 2 is 2.32 bits per heavy atom. The third-order valence-electron chi connectivity index (χ3n) is 4.11. The number of hydrogen-bond acceptors (Lipinski definition) is 3. The molecular weight excluding hydrogens is 308 g/mol. The number of nitrogens with zero attached hydrogens (tertiary/aromatic N) is 1. The van der Waals surface area contributed by atoms with Crippen molar-refractivity contribution in [3.63, 3.8) is 0 Å². The molecule has 2 fully saturated rings. The van der Waals surface area contributed by atoms with E-state index in [4.69, 9.17) is 5.11 Å². The molecule has 5 heteroatoms. The van der Waals surface area contributed by atoms with Crippen LogP contribution in [-0.4, -0.2) is 30.1 Å². The van der Waals surface area contributed by atoms with Crippen molar-refractivity contribution in [3.8, 4) is 0 Å². The minimum Gasteiger partial charge on any atom is -0.392 e. The minimum absolute atomic E-state index is 0.0466. The number of benzene rings is 1. The zero-order chi connectivity index (χ0) is 13.4. The van der Waals surface area contributed by atoms with E-state index in [0.717, 1.165) is 41.7 Å². The molecule has 0 aromatic heterocycles. The average molecular weight is 325 g/mol. The smallest absolute Gasteiger partial charge is 0.225 e. The quantitative estimate of drug-likeness (QED) is 0.869. The molecule has 19 heavy (non-hydrogen) atoms. The number of piperidine rings is 1. The van der Waals surface area contributed by atoms with Crippen molar-refractivity contribution in [1.82, 2.24) is 5.32 Å². The summed E-state index contributed by atoms with van der Waals surface area (Å²) in [5.41, 5.74) is 2.01. The summed E-state index contributed by atoms with van der Waals surface area (Å²) in [6.07, 6.45) is 2.03. The van der Waals surface area contributed by atoms with Crippen LogP contribution < -0.4 is 10.2 Å². The summed E-state index contributed by atoms with van der Waals surface area (Å²) in [6, 6.07) is 6.18. The molecule has 2 N–H and O–H groups in total. The zero-order valence-corrected chi connectivity index (χ0v) is 12.2. The lowest BCUT2D eigenvalue weighted by atomic mass is 9.91. The Hall–Kier alpha value is -1.07. The van der Waals surface area contributed by atoms with E-state index in [-0.39, 0.29) is 24.5 Å². The Morgan fingerprint density at radius 1 is 1.47 bits per heavy atom. The Balaban J connectivity index is 1.91. The van der Waals surface area contributed by atoms with E-state index in [1.54, 1.807) is 0 Å². The Kier molecular flexibility index (Phi) is 3.50. The summed E-state index contributed by atoms with van der Waals surface area (Å²) in [7, 11) is 0. The number of rotatable bonds is 2. The molecular formula is C14H17BrN2O2. The third kappa shape index (κ3) is 2.25. The van der Waals surface area contributed by atoms with E-state index in [1.165, 1.54) is 0 Å². The fraction of sp³-hybridized carbons (Fsp3) is 0.500. The van der Waals surface area contributed by atoms with Crippen molar-refractivity contribution in [2.45, 2.75) is 25.5 Å². The highest BCUT2D eigenvalue weighted by Crippen LogP contribution is 2.35. The maximum absolute atomic E-state index is 11.8. The molecule has 0 spiro atoms. The van der Waals surface area contributed by atoms with Gasteiger partial charge in [0.05, 0.1) is 24.3 Å². The standard InChI is InChI=1S/C14H17BrN2O2/c15-11-6-9(8-18)3-4-12(11)17-5-1-2-10-13(17)7-16-14(10)19/h3-4,6,10,13,18H,1-2,5,7-8H2,(H,16,19). The van der Waals surface area contributed by atoms with Gasteiger partial charge in [-0.05, 0) is 46.5 Å². The van der Waals surface area contributed by atoms with Crippen LogP contribution >= 0.6 is 15.9 Å². The monoisotopic (exact) mass is 324 g/mol. The number of carbonyl (C=O) groups is 1. The van der Waals surface area contributed by atoms with E-state index in [9.17, 15) is 4.79 Å². The second kappa shape index (κ2) is 5.13. The van der Waals surface area contributed by atoms with E-state index in [2.05, 4.69) is 26.1 Å². The van der Waals surface area contributed by atoms with Crippen LogP contribution in [0.15, 0.2) is 22.7 Å². The van der Waals surface area contributed by atoms with Crippen LogP contribution in [0.5, 0.6) is 0 Å². The van der Waals surface area contributed by atoms with Gasteiger partial charge >= 0.3 is 0 Å². The summed E-state index contributed by atoms with van der Waals surface area (Å²) in [6.45, 7) is 1.76. The maximum Gasteiger partial charge on any atom is 0.225 e. The number of nitrogens with one attached hydrogen (secondary N) is 1. The summed E-state index contributed by atoms with van der Waals surface area (Å²) in [5, 5.41) is 12.1. The van der Waals surface area contributed by atoms with Gasteiger partial charge in [-0.1, -0.05) is 6.07 Å². The first-order valence-corrected chi connectivity index (χ1v) is 7.43. The number of carbonyl (C=O) groups excluding carboxylic acids is 1. The summed E-state index contributed by atoms with van der Waals surface area (Å²) in [5.74, 6) is 0.316. The highest BCUT2D eigenvalue weighted by atomic mass is 79.9. The van der Waals surface area contributed by atoms with Crippen LogP contribution in [0.3, 0.4) is 0 Å². The molecule has 0 aliphatic carbocycles. The number of aliphatic hydroxyl groups excluding tert-OH is 1. The lowest BCUT2D eigenvalue weighted by Gasteiger charge is -2.38. The Bertz CT molecular complexity index is 506. The normalized spacial score (nSPS) is 26.2. The van der Waals surface area contributed by atoms with Crippen LogP contribution in [-0.2, 0) is 11.4 Å². The zero-order valence-electron chi connectivity index (χ0n) is 10.6. The first-order chi connectivity index (χ1) is 9.20. The average Bonchev–Trinajstić information content (AvgIpc) is 2.81. The third-order valence-corrected chi connectivity index (χ3v) is 4.74. The van der Waals surface area contributed by atoms with Gasteiger partial charge in [-0.2, -0.15) is 0 Å². The van der Waals surface area contributed by atoms with Gasteiger partial charge in [0.25, 0.3) is 0 Å². The van der Waals surface area contributed by atoms with Gasteiger partial charge in [-0.3, -0.25) is 4.79 Å². The predicted molar refractivity (Wildman–Crippen MR) is 76.9 cm³/mol. The Morgan fingerprint density at radius 3 is 3.05 bits per heavy atom. The van der Waals surface area contributed by atoms with Gasteiger partial charge in [0, 0.05) is 17.6 Å². The van der Waals surface area contributed by atoms with Gasteiger partial charge < -0.3 is 15.3 Å². The van der Waals surface area contributed by atoms with Crippen molar-refractivity contribution >= 4 is 27.5 Å². The highest BCUT2D eigenvalue weighted by Gasteiger charge is 2.41. The number of fused-ring (bicyclic) bond motifs is 1. The Labute approximate surface area is 120 Å². The van der Waals surface area contributed by atoms with Crippen molar-refractivity contribution in [1.29, 1.82) is 0 Å². The number of aliphatic hydroxyl groups is 1. The molecule has 0 saturated carbocycles. The summed E-state index contributed by atoms with van der Waals surface area (Å²) in [4.78, 5) is 14.1. The fourth-order valence-corrected chi connectivity index (χ4v) is 3.79. The fourth-order valence-electron chi connectivity index (χ4n) is 3.13. The van der Waals surface area contributed by atoms with Crippen molar-refractivity contribution < 1.29 is 9.90 Å². The van der Waals surface area contributed by atoms with Crippen molar-refractivity contribution in [2.75, 3.05) is 18.0 Å². The molecule has 2 saturated heterocycles. The number of hydrogen-bond donors (Lipinski definition) is 2. The lowest BCUT2D eigenvalue weighted by molar-refractivity contribution is -0.122. The van der Waals surface area contributed by atoms with Crippen LogP contribution in [0, 0.1) is 5.92 Å². The molecule has 2 aliphatic rings. The molecule has 2 heterocycles. The molecule has 1 aromatic rings. The number of anilines is 1. The molecule has 2 atom stereocenters. The largest absolute Gasteiger partial charge is 0.392 e. The topological polar surface area (TPSA) is 52.6 Å². The molecule has 2 aliphatic heterocycles. The van der Waals surface area contributed by atoms with E-state index >= 15 is 0 Å². The van der Waals surface area contributed by atoms with Gasteiger partial charge in [0.2, 0.25) is 5.91 Å². The van der Waals surface area contributed by atoms with Crippen LogP contribution in [0.4, 0.5) is 5.69 Å². The van der Waals surface area contributed by atoms with Crippen molar-refractivity contribution in [3.05, 3.63) is 28.2 Å². The molecule has 102 valence electrons. The van der Waals surface area contributed by atoms with Gasteiger partial charge in [0.1, 0.15) is 0 Å². The molecule has 3 rings (SSSR count). The minimum atomic E-state index is 0.0466. The maximum atomic E-state index is 11.8. The van der Waals surface area contributed by atoms with Gasteiger partial charge in [-0.25, -0.2) is 0 Å². The van der Waals surface area contributed by atoms with Gasteiger partial charge in [0.15, 0.2) is 0 Å². The molecule has 0 bridgehead atoms. The molecule has 1 aromatic carbocycles. The number of halogens is 1. The van der Waals surface area contributed by atoms with Crippen molar-refractivity contribution in [2.24, 2.45) is 5.92 Å². The predicted octanol–water partition coefficient (Wildman–Crippen LogP) is 1.66. The molecule has 2 unspecified atom stereocenters.